The second kappa shape index (κ2) is 4.17. The maximum atomic E-state index is 12.0. The Balaban J connectivity index is 2.77. The van der Waals surface area contributed by atoms with Crippen molar-refractivity contribution >= 4 is 11.9 Å². The molecule has 1 atom stereocenters. The van der Waals surface area contributed by atoms with Crippen LogP contribution in [0.15, 0.2) is 11.0 Å². The molecule has 7 nitrogen and oxygen atoms in total. The average molecular weight is 252 g/mol. The molecule has 7 heteroatoms. The minimum Gasteiger partial charge on any atom is -0.491 e. The first-order valence-electron chi connectivity index (χ1n) is 5.23. The van der Waals surface area contributed by atoms with Crippen molar-refractivity contribution in [3.8, 4) is 5.75 Å². The van der Waals surface area contributed by atoms with Crippen LogP contribution in [-0.4, -0.2) is 30.7 Å². The van der Waals surface area contributed by atoms with Crippen LogP contribution in [0.2, 0.25) is 0 Å². The van der Waals surface area contributed by atoms with Gasteiger partial charge in [-0.25, -0.2) is 4.79 Å². The van der Waals surface area contributed by atoms with Crippen LogP contribution < -0.4 is 15.5 Å². The summed E-state index contributed by atoms with van der Waals surface area (Å²) in [6.07, 6.45) is 0.944. The molecule has 18 heavy (non-hydrogen) atoms. The SMILES string of the molecule is COC(=O)c1cn2c(c(OC)c1=O)C(=O)NC2C. The number of pyridine rings is 1. The quantitative estimate of drug-likeness (QED) is 0.743. The second-order valence-corrected chi connectivity index (χ2v) is 3.80. The fraction of sp³-hybridized carbons (Fsp3) is 0.364. The van der Waals surface area contributed by atoms with E-state index in [4.69, 9.17) is 4.74 Å². The molecule has 0 fully saturated rings. The first-order chi connectivity index (χ1) is 8.51. The van der Waals surface area contributed by atoms with Crippen LogP contribution in [-0.2, 0) is 4.74 Å². The van der Waals surface area contributed by atoms with Gasteiger partial charge in [-0.3, -0.25) is 9.59 Å². The minimum atomic E-state index is -0.764. The molecule has 0 saturated heterocycles. The Morgan fingerprint density at radius 3 is 2.61 bits per heavy atom. The number of nitrogens with zero attached hydrogens (tertiary/aromatic N) is 1. The van der Waals surface area contributed by atoms with Gasteiger partial charge in [-0.2, -0.15) is 0 Å². The molecule has 0 radical (unpaired) electrons. The van der Waals surface area contributed by atoms with Crippen molar-refractivity contribution < 1.29 is 19.1 Å². The maximum Gasteiger partial charge on any atom is 0.343 e. The fourth-order valence-electron chi connectivity index (χ4n) is 1.91. The molecule has 1 aromatic heterocycles. The first-order valence-corrected chi connectivity index (χ1v) is 5.23. The van der Waals surface area contributed by atoms with E-state index in [0.29, 0.717) is 0 Å². The molecule has 0 bridgehead atoms. The van der Waals surface area contributed by atoms with Crippen molar-refractivity contribution in [1.82, 2.24) is 9.88 Å². The summed E-state index contributed by atoms with van der Waals surface area (Å²) in [5.74, 6) is -1.33. The monoisotopic (exact) mass is 252 g/mol. The number of hydrogen-bond acceptors (Lipinski definition) is 5. The molecular formula is C11H12N2O5. The third kappa shape index (κ3) is 1.55. The van der Waals surface area contributed by atoms with Crippen molar-refractivity contribution in [3.05, 3.63) is 27.7 Å². The molecule has 2 heterocycles. The van der Waals surface area contributed by atoms with Gasteiger partial charge in [0.25, 0.3) is 5.91 Å². The van der Waals surface area contributed by atoms with Gasteiger partial charge in [0.15, 0.2) is 11.4 Å². The Morgan fingerprint density at radius 1 is 1.39 bits per heavy atom. The van der Waals surface area contributed by atoms with E-state index in [1.165, 1.54) is 25.0 Å². The minimum absolute atomic E-state index is 0.114. The number of nitrogens with one attached hydrogen (secondary N) is 1. The Morgan fingerprint density at radius 2 is 2.06 bits per heavy atom. The number of aromatic nitrogens is 1. The molecule has 96 valence electrons. The normalized spacial score (nSPS) is 17.1. The number of carbonyl (C=O) groups is 2. The van der Waals surface area contributed by atoms with Gasteiger partial charge in [-0.15, -0.1) is 0 Å². The van der Waals surface area contributed by atoms with E-state index in [-0.39, 0.29) is 23.2 Å². The van der Waals surface area contributed by atoms with Gasteiger partial charge >= 0.3 is 5.97 Å². The predicted molar refractivity (Wildman–Crippen MR) is 60.8 cm³/mol. The molecule has 1 aromatic rings. The topological polar surface area (TPSA) is 86.6 Å². The van der Waals surface area contributed by atoms with Crippen LogP contribution in [0.4, 0.5) is 0 Å². The Kier molecular flexibility index (Phi) is 2.82. The Hall–Kier alpha value is -2.31. The van der Waals surface area contributed by atoms with Crippen LogP contribution in [0.25, 0.3) is 0 Å². The van der Waals surface area contributed by atoms with Crippen molar-refractivity contribution in [2.24, 2.45) is 0 Å². The maximum absolute atomic E-state index is 12.0. The number of methoxy groups -OCH3 is 2. The van der Waals surface area contributed by atoms with Crippen LogP contribution in [0.3, 0.4) is 0 Å². The van der Waals surface area contributed by atoms with Crippen molar-refractivity contribution in [1.29, 1.82) is 0 Å². The number of rotatable bonds is 2. The first kappa shape index (κ1) is 12.2. The van der Waals surface area contributed by atoms with E-state index >= 15 is 0 Å². The highest BCUT2D eigenvalue weighted by Crippen LogP contribution is 2.23. The summed E-state index contributed by atoms with van der Waals surface area (Å²) in [5, 5.41) is 2.62. The summed E-state index contributed by atoms with van der Waals surface area (Å²) in [6, 6.07) is 0. The third-order valence-electron chi connectivity index (χ3n) is 2.77. The summed E-state index contributed by atoms with van der Waals surface area (Å²) in [4.78, 5) is 35.2. The van der Waals surface area contributed by atoms with E-state index in [1.807, 2.05) is 0 Å². The summed E-state index contributed by atoms with van der Waals surface area (Å²) in [5.41, 5.74) is -0.705. The molecule has 0 spiro atoms. The number of carbonyl (C=O) groups excluding carboxylic acids is 2. The zero-order valence-corrected chi connectivity index (χ0v) is 10.1. The number of ether oxygens (including phenoxy) is 2. The lowest BCUT2D eigenvalue weighted by Crippen LogP contribution is -2.23. The predicted octanol–water partition coefficient (Wildman–Crippen LogP) is -0.0946. The molecule has 1 aliphatic heterocycles. The van der Waals surface area contributed by atoms with E-state index in [0.717, 1.165) is 0 Å². The number of amides is 1. The van der Waals surface area contributed by atoms with Gasteiger partial charge in [0.05, 0.1) is 14.2 Å². The van der Waals surface area contributed by atoms with Crippen molar-refractivity contribution in [2.75, 3.05) is 14.2 Å². The average Bonchev–Trinajstić information content (AvgIpc) is 2.63. The van der Waals surface area contributed by atoms with Gasteiger partial charge in [-0.1, -0.05) is 0 Å². The summed E-state index contributed by atoms with van der Waals surface area (Å²) in [7, 11) is 2.45. The van der Waals surface area contributed by atoms with Crippen LogP contribution in [0.1, 0.15) is 33.9 Å². The van der Waals surface area contributed by atoms with Crippen LogP contribution in [0.5, 0.6) is 5.75 Å². The summed E-state index contributed by atoms with van der Waals surface area (Å²) in [6.45, 7) is 1.72. The Labute approximate surface area is 102 Å². The van der Waals surface area contributed by atoms with Crippen LogP contribution in [0, 0.1) is 0 Å². The van der Waals surface area contributed by atoms with Crippen LogP contribution >= 0.6 is 0 Å². The smallest absolute Gasteiger partial charge is 0.343 e. The molecule has 1 N–H and O–H groups in total. The zero-order valence-electron chi connectivity index (χ0n) is 10.1. The summed E-state index contributed by atoms with van der Waals surface area (Å²) < 4.78 is 10.9. The second-order valence-electron chi connectivity index (χ2n) is 3.80. The van der Waals surface area contributed by atoms with E-state index < -0.39 is 17.3 Å². The molecule has 1 aliphatic rings. The highest BCUT2D eigenvalue weighted by atomic mass is 16.5. The van der Waals surface area contributed by atoms with E-state index in [9.17, 15) is 14.4 Å². The standard InChI is InChI=1S/C11H12N2O5/c1-5-12-10(15)7-9(17-2)8(14)6(4-13(5)7)11(16)18-3/h4-5H,1-3H3,(H,12,15). The van der Waals surface area contributed by atoms with Gasteiger partial charge in [-0.05, 0) is 6.92 Å². The van der Waals surface area contributed by atoms with Crippen molar-refractivity contribution in [3.63, 3.8) is 0 Å². The zero-order chi connectivity index (χ0) is 13.4. The highest BCUT2D eigenvalue weighted by Gasteiger charge is 2.32. The largest absolute Gasteiger partial charge is 0.491 e. The molecule has 1 amide bonds. The van der Waals surface area contributed by atoms with Crippen molar-refractivity contribution in [2.45, 2.75) is 13.1 Å². The highest BCUT2D eigenvalue weighted by molar-refractivity contribution is 5.99. The lowest BCUT2D eigenvalue weighted by atomic mass is 10.2. The molecule has 0 aliphatic carbocycles. The molecule has 0 saturated carbocycles. The lowest BCUT2D eigenvalue weighted by molar-refractivity contribution is 0.0597. The fourth-order valence-corrected chi connectivity index (χ4v) is 1.91. The molecule has 0 aromatic carbocycles. The molecule has 2 rings (SSSR count). The van der Waals surface area contributed by atoms with Gasteiger partial charge < -0.3 is 19.4 Å². The number of fused-ring (bicyclic) bond motifs is 1. The summed E-state index contributed by atoms with van der Waals surface area (Å²) >= 11 is 0. The molecular weight excluding hydrogens is 240 g/mol. The number of esters is 1. The Bertz CT molecular complexity index is 590. The number of hydrogen-bond donors (Lipinski definition) is 1. The van der Waals surface area contributed by atoms with E-state index in [1.54, 1.807) is 6.92 Å². The molecule has 1 unspecified atom stereocenters. The third-order valence-corrected chi connectivity index (χ3v) is 2.77. The van der Waals surface area contributed by atoms with Gasteiger partial charge in [0.1, 0.15) is 11.7 Å². The van der Waals surface area contributed by atoms with E-state index in [2.05, 4.69) is 10.1 Å². The lowest BCUT2D eigenvalue weighted by Gasteiger charge is -2.12. The van der Waals surface area contributed by atoms with Gasteiger partial charge in [0.2, 0.25) is 5.43 Å². The van der Waals surface area contributed by atoms with Gasteiger partial charge in [0, 0.05) is 6.20 Å².